The molecule has 64 valence electrons. The maximum absolute atomic E-state index is 4.52. The Morgan fingerprint density at radius 1 is 1.25 bits per heavy atom. The SMILES string of the molecule is CCc1nc(C)c2c(n1)CCC2. The molecule has 0 aromatic carbocycles. The molecule has 2 rings (SSSR count). The Morgan fingerprint density at radius 3 is 2.83 bits per heavy atom. The predicted octanol–water partition coefficient (Wildman–Crippen LogP) is 1.84. The fraction of sp³-hybridized carbons (Fsp3) is 0.600. The molecule has 1 aliphatic carbocycles. The summed E-state index contributed by atoms with van der Waals surface area (Å²) in [6.07, 6.45) is 4.56. The Balaban J connectivity index is 2.51. The van der Waals surface area contributed by atoms with Gasteiger partial charge in [0.1, 0.15) is 5.82 Å². The van der Waals surface area contributed by atoms with Crippen molar-refractivity contribution in [1.82, 2.24) is 9.97 Å². The fourth-order valence-electron chi connectivity index (χ4n) is 1.84. The van der Waals surface area contributed by atoms with Gasteiger partial charge in [0.05, 0.1) is 0 Å². The summed E-state index contributed by atoms with van der Waals surface area (Å²) < 4.78 is 0. The number of aromatic nitrogens is 2. The first kappa shape index (κ1) is 7.71. The highest BCUT2D eigenvalue weighted by molar-refractivity contribution is 5.29. The molecule has 0 unspecified atom stereocenters. The normalized spacial score (nSPS) is 14.8. The lowest BCUT2D eigenvalue weighted by molar-refractivity contribution is 0.871. The van der Waals surface area contributed by atoms with Crippen LogP contribution < -0.4 is 0 Å². The molecule has 12 heavy (non-hydrogen) atoms. The van der Waals surface area contributed by atoms with E-state index >= 15 is 0 Å². The Hall–Kier alpha value is -0.920. The summed E-state index contributed by atoms with van der Waals surface area (Å²) in [5.74, 6) is 1.01. The zero-order valence-corrected chi connectivity index (χ0v) is 7.72. The third-order valence-electron chi connectivity index (χ3n) is 2.50. The molecule has 0 spiro atoms. The number of hydrogen-bond acceptors (Lipinski definition) is 2. The van der Waals surface area contributed by atoms with Crippen LogP contribution in [0.1, 0.15) is 36.1 Å². The first-order chi connectivity index (χ1) is 5.81. The highest BCUT2D eigenvalue weighted by Crippen LogP contribution is 2.21. The van der Waals surface area contributed by atoms with Gasteiger partial charge >= 0.3 is 0 Å². The Kier molecular flexibility index (Phi) is 1.83. The standard InChI is InChI=1S/C10H14N2/c1-3-10-11-7(2)8-5-4-6-9(8)12-10/h3-6H2,1-2H3. The largest absolute Gasteiger partial charge is 0.238 e. The lowest BCUT2D eigenvalue weighted by Gasteiger charge is -2.04. The van der Waals surface area contributed by atoms with Gasteiger partial charge in [0.15, 0.2) is 0 Å². The second-order valence-electron chi connectivity index (χ2n) is 3.36. The number of aryl methyl sites for hydroxylation is 3. The van der Waals surface area contributed by atoms with Crippen LogP contribution in [0.4, 0.5) is 0 Å². The van der Waals surface area contributed by atoms with E-state index in [2.05, 4.69) is 23.8 Å². The van der Waals surface area contributed by atoms with Crippen LogP contribution in [0.3, 0.4) is 0 Å². The molecule has 2 heteroatoms. The molecular formula is C10H14N2. The molecule has 0 N–H and O–H groups in total. The Labute approximate surface area is 73.1 Å². The van der Waals surface area contributed by atoms with E-state index in [0.717, 1.165) is 18.7 Å². The molecule has 1 heterocycles. The highest BCUT2D eigenvalue weighted by atomic mass is 14.9. The van der Waals surface area contributed by atoms with E-state index in [1.54, 1.807) is 0 Å². The minimum Gasteiger partial charge on any atom is -0.238 e. The minimum absolute atomic E-state index is 0.952. The summed E-state index contributed by atoms with van der Waals surface area (Å²) in [4.78, 5) is 8.97. The Morgan fingerprint density at radius 2 is 2.08 bits per heavy atom. The molecule has 0 bridgehead atoms. The van der Waals surface area contributed by atoms with E-state index in [-0.39, 0.29) is 0 Å². The van der Waals surface area contributed by atoms with Gasteiger partial charge in [-0.1, -0.05) is 6.92 Å². The van der Waals surface area contributed by atoms with Crippen LogP contribution in [-0.2, 0) is 19.3 Å². The minimum atomic E-state index is 0.952. The first-order valence-electron chi connectivity index (χ1n) is 4.66. The van der Waals surface area contributed by atoms with E-state index in [1.807, 2.05) is 0 Å². The van der Waals surface area contributed by atoms with E-state index in [4.69, 9.17) is 0 Å². The summed E-state index contributed by atoms with van der Waals surface area (Å²) in [5.41, 5.74) is 3.92. The second-order valence-corrected chi connectivity index (χ2v) is 3.36. The van der Waals surface area contributed by atoms with Crippen molar-refractivity contribution in [2.75, 3.05) is 0 Å². The molecule has 0 aliphatic heterocycles. The van der Waals surface area contributed by atoms with Crippen molar-refractivity contribution in [2.45, 2.75) is 39.5 Å². The van der Waals surface area contributed by atoms with Crippen LogP contribution in [0, 0.1) is 6.92 Å². The van der Waals surface area contributed by atoms with Crippen molar-refractivity contribution in [3.63, 3.8) is 0 Å². The zero-order valence-electron chi connectivity index (χ0n) is 7.72. The second kappa shape index (κ2) is 2.85. The molecule has 0 atom stereocenters. The van der Waals surface area contributed by atoms with Gasteiger partial charge in [-0.3, -0.25) is 0 Å². The zero-order chi connectivity index (χ0) is 8.55. The van der Waals surface area contributed by atoms with Crippen molar-refractivity contribution in [2.24, 2.45) is 0 Å². The van der Waals surface area contributed by atoms with Gasteiger partial charge < -0.3 is 0 Å². The Bertz CT molecular complexity index is 305. The number of fused-ring (bicyclic) bond motifs is 1. The quantitative estimate of drug-likeness (QED) is 0.629. The number of rotatable bonds is 1. The fourth-order valence-corrected chi connectivity index (χ4v) is 1.84. The molecule has 1 aromatic rings. The van der Waals surface area contributed by atoms with Crippen molar-refractivity contribution >= 4 is 0 Å². The highest BCUT2D eigenvalue weighted by Gasteiger charge is 2.15. The van der Waals surface area contributed by atoms with Gasteiger partial charge in [-0.15, -0.1) is 0 Å². The smallest absolute Gasteiger partial charge is 0.128 e. The average molecular weight is 162 g/mol. The molecule has 1 aromatic heterocycles. The van der Waals surface area contributed by atoms with E-state index < -0.39 is 0 Å². The lowest BCUT2D eigenvalue weighted by Crippen LogP contribution is -2.01. The predicted molar refractivity (Wildman–Crippen MR) is 48.2 cm³/mol. The molecule has 2 nitrogen and oxygen atoms in total. The first-order valence-corrected chi connectivity index (χ1v) is 4.66. The third kappa shape index (κ3) is 1.11. The van der Waals surface area contributed by atoms with Crippen LogP contribution in [0.25, 0.3) is 0 Å². The molecular weight excluding hydrogens is 148 g/mol. The number of hydrogen-bond donors (Lipinski definition) is 0. The van der Waals surface area contributed by atoms with Gasteiger partial charge in [0, 0.05) is 17.8 Å². The van der Waals surface area contributed by atoms with Crippen molar-refractivity contribution in [1.29, 1.82) is 0 Å². The molecule has 0 amide bonds. The number of nitrogens with zero attached hydrogens (tertiary/aromatic N) is 2. The van der Waals surface area contributed by atoms with E-state index in [0.29, 0.717) is 0 Å². The van der Waals surface area contributed by atoms with Crippen molar-refractivity contribution in [3.05, 3.63) is 22.8 Å². The topological polar surface area (TPSA) is 25.8 Å². The van der Waals surface area contributed by atoms with Gasteiger partial charge in [-0.05, 0) is 31.7 Å². The van der Waals surface area contributed by atoms with E-state index in [9.17, 15) is 0 Å². The van der Waals surface area contributed by atoms with Crippen molar-refractivity contribution < 1.29 is 0 Å². The summed E-state index contributed by atoms with van der Waals surface area (Å²) >= 11 is 0. The van der Waals surface area contributed by atoms with Crippen LogP contribution in [0.5, 0.6) is 0 Å². The molecule has 0 fully saturated rings. The van der Waals surface area contributed by atoms with Gasteiger partial charge in [-0.25, -0.2) is 9.97 Å². The molecule has 0 saturated carbocycles. The van der Waals surface area contributed by atoms with Gasteiger partial charge in [0.2, 0.25) is 0 Å². The van der Waals surface area contributed by atoms with Gasteiger partial charge in [0.25, 0.3) is 0 Å². The van der Waals surface area contributed by atoms with Crippen LogP contribution in [0.2, 0.25) is 0 Å². The van der Waals surface area contributed by atoms with E-state index in [1.165, 1.54) is 29.8 Å². The molecule has 0 radical (unpaired) electrons. The molecule has 0 saturated heterocycles. The average Bonchev–Trinajstić information content (AvgIpc) is 2.52. The van der Waals surface area contributed by atoms with Crippen LogP contribution in [-0.4, -0.2) is 9.97 Å². The van der Waals surface area contributed by atoms with Crippen LogP contribution >= 0.6 is 0 Å². The maximum atomic E-state index is 4.52. The van der Waals surface area contributed by atoms with Crippen molar-refractivity contribution in [3.8, 4) is 0 Å². The lowest BCUT2D eigenvalue weighted by atomic mass is 10.2. The summed E-state index contributed by atoms with van der Waals surface area (Å²) in [5, 5.41) is 0. The van der Waals surface area contributed by atoms with Gasteiger partial charge in [-0.2, -0.15) is 0 Å². The summed E-state index contributed by atoms with van der Waals surface area (Å²) in [7, 11) is 0. The molecule has 1 aliphatic rings. The maximum Gasteiger partial charge on any atom is 0.128 e. The summed E-state index contributed by atoms with van der Waals surface area (Å²) in [6.45, 7) is 4.21. The van der Waals surface area contributed by atoms with Crippen LogP contribution in [0.15, 0.2) is 0 Å². The summed E-state index contributed by atoms with van der Waals surface area (Å²) in [6, 6.07) is 0. The monoisotopic (exact) mass is 162 g/mol. The third-order valence-corrected chi connectivity index (χ3v) is 2.50.